The van der Waals surface area contributed by atoms with Gasteiger partial charge in [0.05, 0.1) is 23.2 Å². The number of aliphatic hydroxyl groups is 1. The number of fused-ring (bicyclic) bond motifs is 1. The maximum absolute atomic E-state index is 10.3. The fourth-order valence-electron chi connectivity index (χ4n) is 3.04. The van der Waals surface area contributed by atoms with Crippen LogP contribution in [0, 0.1) is 0 Å². The number of hydrogen-bond donors (Lipinski definition) is 1. The van der Waals surface area contributed by atoms with Gasteiger partial charge in [-0.15, -0.1) is 0 Å². The minimum absolute atomic E-state index is 0.184. The first-order valence-corrected chi connectivity index (χ1v) is 8.35. The molecule has 1 aliphatic rings. The molecule has 120 valence electrons. The van der Waals surface area contributed by atoms with Crippen molar-refractivity contribution in [3.05, 3.63) is 82.6 Å². The van der Waals surface area contributed by atoms with Crippen molar-refractivity contribution in [1.29, 1.82) is 0 Å². The number of aromatic nitrogens is 2. The van der Waals surface area contributed by atoms with E-state index in [-0.39, 0.29) is 5.92 Å². The van der Waals surface area contributed by atoms with E-state index < -0.39 is 6.10 Å². The summed E-state index contributed by atoms with van der Waals surface area (Å²) >= 11 is 12.3. The third-order valence-corrected chi connectivity index (χ3v) is 4.56. The Hall–Kier alpha value is -2.07. The second kappa shape index (κ2) is 6.10. The molecule has 1 N–H and O–H groups in total. The van der Waals surface area contributed by atoms with Crippen molar-refractivity contribution in [2.45, 2.75) is 12.0 Å². The molecule has 2 aromatic heterocycles. The lowest BCUT2D eigenvalue weighted by Gasteiger charge is -2.17. The van der Waals surface area contributed by atoms with Gasteiger partial charge in [-0.25, -0.2) is 4.98 Å². The van der Waals surface area contributed by atoms with Gasteiger partial charge in [-0.05, 0) is 30.3 Å². The van der Waals surface area contributed by atoms with Gasteiger partial charge in [0.25, 0.3) is 0 Å². The van der Waals surface area contributed by atoms with Crippen LogP contribution in [0.25, 0.3) is 16.9 Å². The van der Waals surface area contributed by atoms with E-state index >= 15 is 0 Å². The van der Waals surface area contributed by atoms with Crippen LogP contribution in [0.3, 0.4) is 0 Å². The number of imidazole rings is 1. The predicted molar refractivity (Wildman–Crippen MR) is 97.7 cm³/mol. The summed E-state index contributed by atoms with van der Waals surface area (Å²) in [6.45, 7) is 0. The Bertz CT molecular complexity index is 954. The van der Waals surface area contributed by atoms with Crippen LogP contribution < -0.4 is 0 Å². The Morgan fingerprint density at radius 3 is 2.50 bits per heavy atom. The van der Waals surface area contributed by atoms with E-state index in [1.54, 1.807) is 12.1 Å². The number of rotatable bonds is 2. The second-order valence-corrected chi connectivity index (χ2v) is 6.59. The number of nitrogens with zero attached hydrogens (tertiary/aromatic N) is 2. The Balaban J connectivity index is 1.94. The van der Waals surface area contributed by atoms with Gasteiger partial charge in [-0.3, -0.25) is 4.40 Å². The first-order chi connectivity index (χ1) is 11.6. The van der Waals surface area contributed by atoms with Crippen molar-refractivity contribution in [3.63, 3.8) is 0 Å². The zero-order valence-corrected chi connectivity index (χ0v) is 14.1. The molecule has 1 aliphatic carbocycles. The van der Waals surface area contributed by atoms with Crippen LogP contribution in [0.1, 0.15) is 11.6 Å². The molecule has 4 rings (SSSR count). The van der Waals surface area contributed by atoms with Crippen molar-refractivity contribution >= 4 is 28.7 Å². The lowest BCUT2D eigenvalue weighted by atomic mass is 9.94. The van der Waals surface area contributed by atoms with Crippen molar-refractivity contribution < 1.29 is 5.11 Å². The average molecular weight is 357 g/mol. The maximum Gasteiger partial charge on any atom is 0.144 e. The van der Waals surface area contributed by atoms with Crippen LogP contribution in [-0.4, -0.2) is 20.6 Å². The molecule has 0 bridgehead atoms. The van der Waals surface area contributed by atoms with E-state index in [2.05, 4.69) is 0 Å². The fraction of sp³-hybridized carbons (Fsp3) is 0.105. The lowest BCUT2D eigenvalue weighted by Crippen LogP contribution is -2.16. The number of allylic oxidation sites excluding steroid dienone is 2. The SMILES string of the molecule is OC1C=CC=CC1c1nc(-c2cc(Cl)cc(Cl)c2)n2ccccc12. The third-order valence-electron chi connectivity index (χ3n) is 4.12. The van der Waals surface area contributed by atoms with E-state index in [9.17, 15) is 5.11 Å². The van der Waals surface area contributed by atoms with Crippen LogP contribution in [0.5, 0.6) is 0 Å². The highest BCUT2D eigenvalue weighted by atomic mass is 35.5. The van der Waals surface area contributed by atoms with Crippen LogP contribution in [0.15, 0.2) is 66.9 Å². The Kier molecular flexibility index (Phi) is 3.93. The molecule has 3 aromatic rings. The normalized spacial score (nSPS) is 20.0. The summed E-state index contributed by atoms with van der Waals surface area (Å²) in [4.78, 5) is 4.82. The molecule has 0 spiro atoms. The minimum atomic E-state index is -0.593. The Labute approximate surface area is 149 Å². The molecule has 1 aromatic carbocycles. The third kappa shape index (κ3) is 2.65. The van der Waals surface area contributed by atoms with Crippen molar-refractivity contribution in [2.24, 2.45) is 0 Å². The highest BCUT2D eigenvalue weighted by Crippen LogP contribution is 2.33. The number of halogens is 2. The van der Waals surface area contributed by atoms with Gasteiger partial charge in [0.1, 0.15) is 5.82 Å². The van der Waals surface area contributed by atoms with Crippen LogP contribution in [0.2, 0.25) is 10.0 Å². The molecule has 3 nitrogen and oxygen atoms in total. The summed E-state index contributed by atoms with van der Waals surface area (Å²) in [6.07, 6.45) is 8.87. The summed E-state index contributed by atoms with van der Waals surface area (Å²) in [7, 11) is 0. The molecule has 2 heterocycles. The van der Waals surface area contributed by atoms with Gasteiger partial charge in [-0.1, -0.05) is 53.6 Å². The molecule has 5 heteroatoms. The number of pyridine rings is 1. The number of benzene rings is 1. The summed E-state index contributed by atoms with van der Waals surface area (Å²) < 4.78 is 2.00. The predicted octanol–water partition coefficient (Wildman–Crippen LogP) is 4.88. The Morgan fingerprint density at radius 1 is 1.00 bits per heavy atom. The van der Waals surface area contributed by atoms with Crippen molar-refractivity contribution in [1.82, 2.24) is 9.38 Å². The largest absolute Gasteiger partial charge is 0.388 e. The minimum Gasteiger partial charge on any atom is -0.388 e. The van der Waals surface area contributed by atoms with Gasteiger partial charge in [-0.2, -0.15) is 0 Å². The zero-order valence-electron chi connectivity index (χ0n) is 12.6. The van der Waals surface area contributed by atoms with Gasteiger partial charge < -0.3 is 5.11 Å². The van der Waals surface area contributed by atoms with E-state index in [0.717, 1.165) is 22.6 Å². The van der Waals surface area contributed by atoms with E-state index in [1.165, 1.54) is 0 Å². The van der Waals surface area contributed by atoms with E-state index in [1.807, 2.05) is 59.2 Å². The first kappa shape index (κ1) is 15.5. The molecule has 0 aliphatic heterocycles. The number of aliphatic hydroxyl groups excluding tert-OH is 1. The van der Waals surface area contributed by atoms with Crippen molar-refractivity contribution in [2.75, 3.05) is 0 Å². The summed E-state index contributed by atoms with van der Waals surface area (Å²) in [6, 6.07) is 11.3. The summed E-state index contributed by atoms with van der Waals surface area (Å²) in [5.41, 5.74) is 2.62. The van der Waals surface area contributed by atoms with Gasteiger partial charge in [0.2, 0.25) is 0 Å². The molecule has 24 heavy (non-hydrogen) atoms. The molecular formula is C19H14Cl2N2O. The van der Waals surface area contributed by atoms with Gasteiger partial charge >= 0.3 is 0 Å². The topological polar surface area (TPSA) is 37.5 Å². The molecule has 0 radical (unpaired) electrons. The Morgan fingerprint density at radius 2 is 1.75 bits per heavy atom. The molecule has 0 saturated heterocycles. The smallest absolute Gasteiger partial charge is 0.144 e. The molecule has 0 amide bonds. The lowest BCUT2D eigenvalue weighted by molar-refractivity contribution is 0.205. The molecule has 2 atom stereocenters. The number of hydrogen-bond acceptors (Lipinski definition) is 2. The van der Waals surface area contributed by atoms with E-state index in [4.69, 9.17) is 28.2 Å². The quantitative estimate of drug-likeness (QED) is 0.710. The maximum atomic E-state index is 10.3. The highest BCUT2D eigenvalue weighted by molar-refractivity contribution is 6.35. The zero-order chi connectivity index (χ0) is 16.7. The molecule has 0 saturated carbocycles. The second-order valence-electron chi connectivity index (χ2n) is 5.72. The summed E-state index contributed by atoms with van der Waals surface area (Å²) in [5, 5.41) is 11.4. The fourth-order valence-corrected chi connectivity index (χ4v) is 3.57. The highest BCUT2D eigenvalue weighted by Gasteiger charge is 2.24. The monoisotopic (exact) mass is 356 g/mol. The van der Waals surface area contributed by atoms with Crippen LogP contribution >= 0.6 is 23.2 Å². The molecule has 0 fully saturated rings. The van der Waals surface area contributed by atoms with Gasteiger partial charge in [0.15, 0.2) is 0 Å². The van der Waals surface area contributed by atoms with Crippen molar-refractivity contribution in [3.8, 4) is 11.4 Å². The molecular weight excluding hydrogens is 343 g/mol. The van der Waals surface area contributed by atoms with Crippen LogP contribution in [0.4, 0.5) is 0 Å². The van der Waals surface area contributed by atoms with Crippen LogP contribution in [-0.2, 0) is 0 Å². The first-order valence-electron chi connectivity index (χ1n) is 7.60. The molecule has 2 unspecified atom stereocenters. The summed E-state index contributed by atoms with van der Waals surface area (Å²) in [5.74, 6) is 0.566. The van der Waals surface area contributed by atoms with E-state index in [0.29, 0.717) is 10.0 Å². The average Bonchev–Trinajstić information content (AvgIpc) is 2.94. The van der Waals surface area contributed by atoms with Gasteiger partial charge in [0, 0.05) is 21.8 Å². The standard InChI is InChI=1S/C19H14Cl2N2O/c20-13-9-12(10-14(21)11-13)19-22-18(15-5-1-2-7-17(15)24)16-6-3-4-8-23(16)19/h1-11,15,17,24H.